The van der Waals surface area contributed by atoms with Crippen molar-refractivity contribution in [2.45, 2.75) is 6.54 Å². The van der Waals surface area contributed by atoms with Gasteiger partial charge in [0.25, 0.3) is 5.91 Å². The van der Waals surface area contributed by atoms with E-state index in [-0.39, 0.29) is 11.0 Å². The second-order valence-electron chi connectivity index (χ2n) is 5.59. The van der Waals surface area contributed by atoms with E-state index in [4.69, 9.17) is 33.3 Å². The summed E-state index contributed by atoms with van der Waals surface area (Å²) >= 11 is 12.9. The molecule has 0 saturated heterocycles. The second kappa shape index (κ2) is 8.56. The molecule has 0 aliphatic carbocycles. The molecule has 1 amide bonds. The minimum absolute atomic E-state index is 0.238. The van der Waals surface area contributed by atoms with Crippen molar-refractivity contribution in [2.75, 3.05) is 14.2 Å². The Morgan fingerprint density at radius 1 is 1.11 bits per heavy atom. The fourth-order valence-electron chi connectivity index (χ4n) is 2.45. The van der Waals surface area contributed by atoms with Crippen molar-refractivity contribution >= 4 is 56.3 Å². The van der Waals surface area contributed by atoms with Crippen LogP contribution in [0.25, 0.3) is 10.1 Å². The van der Waals surface area contributed by atoms with Gasteiger partial charge < -0.3 is 14.8 Å². The number of methoxy groups -OCH3 is 2. The molecule has 0 atom stereocenters. The van der Waals surface area contributed by atoms with Gasteiger partial charge in [0.05, 0.1) is 19.2 Å². The summed E-state index contributed by atoms with van der Waals surface area (Å²) in [5, 5.41) is 7.14. The third-order valence-electron chi connectivity index (χ3n) is 3.88. The van der Waals surface area contributed by atoms with E-state index in [2.05, 4.69) is 10.6 Å². The van der Waals surface area contributed by atoms with Gasteiger partial charge in [-0.2, -0.15) is 0 Å². The van der Waals surface area contributed by atoms with Crippen LogP contribution in [0, 0.1) is 0 Å². The molecule has 3 aromatic rings. The molecule has 27 heavy (non-hydrogen) atoms. The molecular formula is C19H17ClN2O3S2. The Bertz CT molecular complexity index is 987. The number of nitrogens with one attached hydrogen (secondary N) is 2. The van der Waals surface area contributed by atoms with Crippen LogP contribution in [0.1, 0.15) is 15.2 Å². The number of ether oxygens (including phenoxy) is 2. The van der Waals surface area contributed by atoms with Gasteiger partial charge in [0, 0.05) is 16.6 Å². The van der Waals surface area contributed by atoms with E-state index in [1.807, 2.05) is 42.5 Å². The van der Waals surface area contributed by atoms with Gasteiger partial charge in [-0.1, -0.05) is 23.7 Å². The summed E-state index contributed by atoms with van der Waals surface area (Å²) < 4.78 is 11.2. The lowest BCUT2D eigenvalue weighted by Gasteiger charge is -2.09. The van der Waals surface area contributed by atoms with Gasteiger partial charge in [-0.25, -0.2) is 0 Å². The molecule has 0 aliphatic heterocycles. The smallest absolute Gasteiger partial charge is 0.269 e. The molecule has 0 saturated carbocycles. The highest BCUT2D eigenvalue weighted by Crippen LogP contribution is 2.37. The molecule has 1 aromatic heterocycles. The van der Waals surface area contributed by atoms with E-state index >= 15 is 0 Å². The zero-order chi connectivity index (χ0) is 19.4. The average Bonchev–Trinajstić information content (AvgIpc) is 3.02. The maximum Gasteiger partial charge on any atom is 0.269 e. The maximum atomic E-state index is 12.5. The summed E-state index contributed by atoms with van der Waals surface area (Å²) in [4.78, 5) is 12.9. The number of benzene rings is 2. The van der Waals surface area contributed by atoms with Gasteiger partial charge in [-0.15, -0.1) is 11.3 Å². The van der Waals surface area contributed by atoms with Crippen LogP contribution in [0.5, 0.6) is 11.5 Å². The van der Waals surface area contributed by atoms with Crippen LogP contribution in [-0.2, 0) is 6.54 Å². The molecule has 0 radical (unpaired) electrons. The van der Waals surface area contributed by atoms with E-state index in [1.54, 1.807) is 14.2 Å². The molecule has 0 unspecified atom stereocenters. The number of carbonyl (C=O) groups is 1. The lowest BCUT2D eigenvalue weighted by Crippen LogP contribution is -2.38. The second-order valence-corrected chi connectivity index (χ2v) is 7.43. The lowest BCUT2D eigenvalue weighted by atomic mass is 10.2. The van der Waals surface area contributed by atoms with Crippen molar-refractivity contribution in [2.24, 2.45) is 0 Å². The number of carbonyl (C=O) groups excluding carboxylic acids is 1. The number of thiophene rings is 1. The summed E-state index contributed by atoms with van der Waals surface area (Å²) in [6, 6.07) is 13.1. The Kier molecular flexibility index (Phi) is 6.15. The van der Waals surface area contributed by atoms with E-state index in [9.17, 15) is 4.79 Å². The van der Waals surface area contributed by atoms with Crippen molar-refractivity contribution in [1.82, 2.24) is 10.6 Å². The Balaban J connectivity index is 1.64. The molecule has 0 aliphatic rings. The molecular weight excluding hydrogens is 404 g/mol. The molecule has 8 heteroatoms. The van der Waals surface area contributed by atoms with Crippen LogP contribution in [0.4, 0.5) is 0 Å². The first-order chi connectivity index (χ1) is 13.0. The van der Waals surface area contributed by atoms with Crippen molar-refractivity contribution < 1.29 is 14.3 Å². The molecule has 3 rings (SSSR count). The van der Waals surface area contributed by atoms with Gasteiger partial charge in [-0.05, 0) is 48.1 Å². The van der Waals surface area contributed by atoms with Crippen LogP contribution in [0.3, 0.4) is 0 Å². The number of halogens is 1. The number of rotatable bonds is 5. The first kappa shape index (κ1) is 19.4. The Labute approximate surface area is 171 Å². The zero-order valence-electron chi connectivity index (χ0n) is 14.7. The normalized spacial score (nSPS) is 10.5. The van der Waals surface area contributed by atoms with Crippen molar-refractivity contribution in [3.63, 3.8) is 0 Å². The van der Waals surface area contributed by atoms with E-state index in [0.29, 0.717) is 22.2 Å². The molecule has 0 bridgehead atoms. The van der Waals surface area contributed by atoms with Crippen LogP contribution in [-0.4, -0.2) is 25.2 Å². The van der Waals surface area contributed by atoms with E-state index in [0.717, 1.165) is 21.4 Å². The van der Waals surface area contributed by atoms with Gasteiger partial charge in [0.15, 0.2) is 5.11 Å². The highest BCUT2D eigenvalue weighted by molar-refractivity contribution is 7.80. The summed E-state index contributed by atoms with van der Waals surface area (Å²) in [6.45, 7) is 0.487. The van der Waals surface area contributed by atoms with E-state index in [1.165, 1.54) is 11.3 Å². The Morgan fingerprint density at radius 2 is 1.78 bits per heavy atom. The van der Waals surface area contributed by atoms with Crippen LogP contribution >= 0.6 is 35.2 Å². The predicted molar refractivity (Wildman–Crippen MR) is 113 cm³/mol. The first-order valence-corrected chi connectivity index (χ1v) is 9.60. The number of fused-ring (bicyclic) bond motifs is 1. The number of hydrogen-bond acceptors (Lipinski definition) is 5. The number of amides is 1. The Morgan fingerprint density at radius 3 is 2.44 bits per heavy atom. The molecule has 1 heterocycles. The largest absolute Gasteiger partial charge is 0.497 e. The third kappa shape index (κ3) is 4.50. The highest BCUT2D eigenvalue weighted by atomic mass is 35.5. The molecule has 2 N–H and O–H groups in total. The molecule has 5 nitrogen and oxygen atoms in total. The van der Waals surface area contributed by atoms with Crippen molar-refractivity contribution in [3.05, 3.63) is 57.9 Å². The zero-order valence-corrected chi connectivity index (χ0v) is 17.1. The molecule has 2 aromatic carbocycles. The minimum Gasteiger partial charge on any atom is -0.497 e. The highest BCUT2D eigenvalue weighted by Gasteiger charge is 2.18. The van der Waals surface area contributed by atoms with Crippen molar-refractivity contribution in [3.8, 4) is 11.5 Å². The van der Waals surface area contributed by atoms with Gasteiger partial charge in [0.2, 0.25) is 0 Å². The lowest BCUT2D eigenvalue weighted by molar-refractivity contribution is 0.0981. The van der Waals surface area contributed by atoms with Crippen molar-refractivity contribution in [1.29, 1.82) is 0 Å². The maximum absolute atomic E-state index is 12.5. The first-order valence-electron chi connectivity index (χ1n) is 8.00. The van der Waals surface area contributed by atoms with Gasteiger partial charge in [-0.3, -0.25) is 10.1 Å². The standard InChI is InChI=1S/C19H17ClN2O3S2/c1-24-12-5-3-11(4-6-12)10-21-19(26)22-18(23)17-16(20)14-8-7-13(25-2)9-15(14)27-17/h3-9H,10H2,1-2H3,(H2,21,22,23,26). The minimum atomic E-state index is -0.340. The topological polar surface area (TPSA) is 59.6 Å². The summed E-state index contributed by atoms with van der Waals surface area (Å²) in [5.74, 6) is 1.15. The van der Waals surface area contributed by atoms with Crippen LogP contribution in [0.15, 0.2) is 42.5 Å². The molecule has 140 valence electrons. The molecule has 0 spiro atoms. The Hall–Kier alpha value is -2.35. The fourth-order valence-corrected chi connectivity index (χ4v) is 4.05. The molecule has 0 fully saturated rings. The number of hydrogen-bond donors (Lipinski definition) is 2. The quantitative estimate of drug-likeness (QED) is 0.600. The average molecular weight is 421 g/mol. The monoisotopic (exact) mass is 420 g/mol. The van der Waals surface area contributed by atoms with Crippen LogP contribution < -0.4 is 20.1 Å². The summed E-state index contributed by atoms with van der Waals surface area (Å²) in [7, 11) is 3.21. The van der Waals surface area contributed by atoms with Crippen LogP contribution in [0.2, 0.25) is 5.02 Å². The predicted octanol–water partition coefficient (Wildman–Crippen LogP) is 4.38. The summed E-state index contributed by atoms with van der Waals surface area (Å²) in [6.07, 6.45) is 0. The number of thiocarbonyl (C=S) groups is 1. The van der Waals surface area contributed by atoms with Gasteiger partial charge in [0.1, 0.15) is 16.4 Å². The fraction of sp³-hybridized carbons (Fsp3) is 0.158. The SMILES string of the molecule is COc1ccc(CNC(=S)NC(=O)c2sc3cc(OC)ccc3c2Cl)cc1. The third-order valence-corrected chi connectivity index (χ3v) is 5.78. The van der Waals surface area contributed by atoms with Gasteiger partial charge >= 0.3 is 0 Å². The van der Waals surface area contributed by atoms with E-state index < -0.39 is 0 Å². The summed E-state index contributed by atoms with van der Waals surface area (Å²) in [5.41, 5.74) is 1.01.